The smallest absolute Gasteiger partial charge is 0.345 e. The summed E-state index contributed by atoms with van der Waals surface area (Å²) in [6.45, 7) is 1.85. The molecule has 20 heavy (non-hydrogen) atoms. The highest BCUT2D eigenvalue weighted by atomic mass is 16.5. The van der Waals surface area contributed by atoms with E-state index in [2.05, 4.69) is 4.98 Å². The zero-order valence-corrected chi connectivity index (χ0v) is 10.9. The summed E-state index contributed by atoms with van der Waals surface area (Å²) in [4.78, 5) is 26.9. The fourth-order valence-corrected chi connectivity index (χ4v) is 1.78. The number of aryl methyl sites for hydroxylation is 1. The Labute approximate surface area is 115 Å². The number of aromatic carboxylic acids is 1. The van der Waals surface area contributed by atoms with E-state index >= 15 is 0 Å². The highest BCUT2D eigenvalue weighted by Crippen LogP contribution is 2.16. The third-order valence-electron chi connectivity index (χ3n) is 2.79. The summed E-state index contributed by atoms with van der Waals surface area (Å²) in [6.07, 6.45) is 2.06. The first-order chi connectivity index (χ1) is 9.61. The van der Waals surface area contributed by atoms with Gasteiger partial charge in [-0.2, -0.15) is 0 Å². The molecule has 0 aliphatic carbocycles. The molecule has 0 spiro atoms. The lowest BCUT2D eigenvalue weighted by molar-refractivity contribution is 0.0690. The second kappa shape index (κ2) is 5.97. The third-order valence-corrected chi connectivity index (χ3v) is 2.79. The van der Waals surface area contributed by atoms with Crippen molar-refractivity contribution in [1.82, 2.24) is 4.98 Å². The predicted octanol–water partition coefficient (Wildman–Crippen LogP) is 2.56. The Bertz CT molecular complexity index is 638. The molecule has 0 aliphatic heterocycles. The Morgan fingerprint density at radius 1 is 1.25 bits per heavy atom. The lowest BCUT2D eigenvalue weighted by atomic mass is 10.0. The maximum absolute atomic E-state index is 12.1. The van der Waals surface area contributed by atoms with Crippen LogP contribution in [-0.4, -0.2) is 22.0 Å². The van der Waals surface area contributed by atoms with Crippen molar-refractivity contribution in [3.05, 3.63) is 59.3 Å². The number of hydrogen-bond donors (Lipinski definition) is 1. The third kappa shape index (κ3) is 3.00. The van der Waals surface area contributed by atoms with Crippen LogP contribution in [0.5, 0.6) is 5.88 Å². The molecule has 0 saturated heterocycles. The van der Waals surface area contributed by atoms with Crippen molar-refractivity contribution < 1.29 is 19.4 Å². The van der Waals surface area contributed by atoms with Gasteiger partial charge in [0.1, 0.15) is 0 Å². The number of ether oxygens (including phenoxy) is 1. The molecule has 2 aromatic rings. The topological polar surface area (TPSA) is 76.5 Å². The van der Waals surface area contributed by atoms with Gasteiger partial charge < -0.3 is 9.84 Å². The Kier molecular flexibility index (Phi) is 4.10. The van der Waals surface area contributed by atoms with Crippen molar-refractivity contribution in [3.63, 3.8) is 0 Å². The molecule has 0 amide bonds. The number of carboxylic acids is 1. The maximum atomic E-state index is 12.1. The molecule has 1 aromatic carbocycles. The molecule has 0 aliphatic rings. The normalized spacial score (nSPS) is 10.1. The standard InChI is InChI=1S/C15H13NO4/c1-2-10-9-11(14(17)18)6-7-12(10)15(19)20-13-5-3-4-8-16-13/h3-9H,2H2,1H3,(H,17,18). The van der Waals surface area contributed by atoms with Crippen LogP contribution in [0.15, 0.2) is 42.6 Å². The molecule has 0 saturated carbocycles. The van der Waals surface area contributed by atoms with E-state index in [1.165, 1.54) is 24.4 Å². The van der Waals surface area contributed by atoms with Gasteiger partial charge in [-0.15, -0.1) is 0 Å². The minimum Gasteiger partial charge on any atom is -0.478 e. The highest BCUT2D eigenvalue weighted by molar-refractivity contribution is 5.95. The molecular weight excluding hydrogens is 258 g/mol. The number of nitrogens with zero attached hydrogens (tertiary/aromatic N) is 1. The summed E-state index contributed by atoms with van der Waals surface area (Å²) in [5.41, 5.74) is 1.13. The second-order valence-corrected chi connectivity index (χ2v) is 4.09. The average molecular weight is 271 g/mol. The number of benzene rings is 1. The summed E-state index contributed by atoms with van der Waals surface area (Å²) >= 11 is 0. The summed E-state index contributed by atoms with van der Waals surface area (Å²) in [6, 6.07) is 9.34. The number of aromatic nitrogens is 1. The van der Waals surface area contributed by atoms with E-state index in [4.69, 9.17) is 9.84 Å². The number of carbonyl (C=O) groups is 2. The van der Waals surface area contributed by atoms with Gasteiger partial charge in [0.05, 0.1) is 11.1 Å². The molecule has 0 fully saturated rings. The van der Waals surface area contributed by atoms with Gasteiger partial charge in [-0.1, -0.05) is 13.0 Å². The molecule has 1 aromatic heterocycles. The number of rotatable bonds is 4. The fraction of sp³-hybridized carbons (Fsp3) is 0.133. The minimum atomic E-state index is -1.02. The molecular formula is C15H13NO4. The number of carboxylic acid groups (broad SMARTS) is 1. The van der Waals surface area contributed by atoms with E-state index in [1.807, 2.05) is 6.92 Å². The van der Waals surface area contributed by atoms with Gasteiger partial charge >= 0.3 is 11.9 Å². The zero-order valence-electron chi connectivity index (χ0n) is 10.9. The van der Waals surface area contributed by atoms with E-state index in [9.17, 15) is 9.59 Å². The van der Waals surface area contributed by atoms with Crippen molar-refractivity contribution in [3.8, 4) is 5.88 Å². The van der Waals surface area contributed by atoms with Crippen LogP contribution in [-0.2, 0) is 6.42 Å². The van der Waals surface area contributed by atoms with E-state index in [0.29, 0.717) is 17.5 Å². The van der Waals surface area contributed by atoms with E-state index in [1.54, 1.807) is 18.2 Å². The van der Waals surface area contributed by atoms with Crippen molar-refractivity contribution >= 4 is 11.9 Å². The van der Waals surface area contributed by atoms with E-state index in [-0.39, 0.29) is 11.4 Å². The second-order valence-electron chi connectivity index (χ2n) is 4.09. The Hall–Kier alpha value is -2.69. The largest absolute Gasteiger partial charge is 0.478 e. The van der Waals surface area contributed by atoms with Crippen molar-refractivity contribution in [2.24, 2.45) is 0 Å². The highest BCUT2D eigenvalue weighted by Gasteiger charge is 2.15. The first-order valence-corrected chi connectivity index (χ1v) is 6.11. The monoisotopic (exact) mass is 271 g/mol. The van der Waals surface area contributed by atoms with Gasteiger partial charge in [-0.3, -0.25) is 0 Å². The van der Waals surface area contributed by atoms with Crippen LogP contribution >= 0.6 is 0 Å². The molecule has 102 valence electrons. The minimum absolute atomic E-state index is 0.149. The number of pyridine rings is 1. The van der Waals surface area contributed by atoms with Gasteiger partial charge in [0.15, 0.2) is 0 Å². The number of carbonyl (C=O) groups excluding carboxylic acids is 1. The van der Waals surface area contributed by atoms with E-state index < -0.39 is 11.9 Å². The molecule has 1 heterocycles. The SMILES string of the molecule is CCc1cc(C(=O)O)ccc1C(=O)Oc1ccccn1. The Morgan fingerprint density at radius 2 is 2.05 bits per heavy atom. The van der Waals surface area contributed by atoms with Gasteiger partial charge in [0, 0.05) is 12.3 Å². The molecule has 5 nitrogen and oxygen atoms in total. The van der Waals surface area contributed by atoms with Crippen LogP contribution in [0.1, 0.15) is 33.2 Å². The summed E-state index contributed by atoms with van der Waals surface area (Å²) in [5, 5.41) is 8.94. The number of esters is 1. The fourth-order valence-electron chi connectivity index (χ4n) is 1.78. The predicted molar refractivity (Wildman–Crippen MR) is 72.0 cm³/mol. The van der Waals surface area contributed by atoms with Crippen molar-refractivity contribution in [2.75, 3.05) is 0 Å². The summed E-state index contributed by atoms with van der Waals surface area (Å²) in [5.74, 6) is -1.36. The van der Waals surface area contributed by atoms with Crippen LogP contribution in [0.3, 0.4) is 0 Å². The quantitative estimate of drug-likeness (QED) is 0.865. The van der Waals surface area contributed by atoms with Gasteiger partial charge in [-0.25, -0.2) is 14.6 Å². The first kappa shape index (κ1) is 13.7. The lowest BCUT2D eigenvalue weighted by Gasteiger charge is -2.08. The van der Waals surface area contributed by atoms with Crippen LogP contribution in [0.4, 0.5) is 0 Å². The molecule has 0 bridgehead atoms. The average Bonchev–Trinajstić information content (AvgIpc) is 2.47. The molecule has 2 rings (SSSR count). The molecule has 5 heteroatoms. The van der Waals surface area contributed by atoms with E-state index in [0.717, 1.165) is 0 Å². The number of hydrogen-bond acceptors (Lipinski definition) is 4. The van der Waals surface area contributed by atoms with Crippen molar-refractivity contribution in [1.29, 1.82) is 0 Å². The van der Waals surface area contributed by atoms with Crippen LogP contribution < -0.4 is 4.74 Å². The Morgan fingerprint density at radius 3 is 2.65 bits per heavy atom. The zero-order chi connectivity index (χ0) is 14.5. The van der Waals surface area contributed by atoms with Crippen molar-refractivity contribution in [2.45, 2.75) is 13.3 Å². The van der Waals surface area contributed by atoms with Crippen LogP contribution in [0.2, 0.25) is 0 Å². The molecule has 1 N–H and O–H groups in total. The van der Waals surface area contributed by atoms with Gasteiger partial charge in [0.25, 0.3) is 0 Å². The van der Waals surface area contributed by atoms with Gasteiger partial charge in [-0.05, 0) is 36.2 Å². The first-order valence-electron chi connectivity index (χ1n) is 6.11. The van der Waals surface area contributed by atoms with Gasteiger partial charge in [0.2, 0.25) is 5.88 Å². The molecule has 0 radical (unpaired) electrons. The molecule has 0 atom stereocenters. The lowest BCUT2D eigenvalue weighted by Crippen LogP contribution is -2.13. The summed E-state index contributed by atoms with van der Waals surface area (Å²) in [7, 11) is 0. The summed E-state index contributed by atoms with van der Waals surface area (Å²) < 4.78 is 5.15. The maximum Gasteiger partial charge on any atom is 0.345 e. The Balaban J connectivity index is 2.28. The molecule has 0 unspecified atom stereocenters. The van der Waals surface area contributed by atoms with Crippen LogP contribution in [0.25, 0.3) is 0 Å². The van der Waals surface area contributed by atoms with Crippen LogP contribution in [0, 0.1) is 0 Å².